The molecule has 0 bridgehead atoms. The lowest BCUT2D eigenvalue weighted by molar-refractivity contribution is 0.644. The summed E-state index contributed by atoms with van der Waals surface area (Å²) in [5.74, 6) is 7.17. The number of benzene rings is 4. The van der Waals surface area contributed by atoms with E-state index in [1.54, 1.807) is 0 Å². The van der Waals surface area contributed by atoms with E-state index in [-0.39, 0.29) is 0 Å². The minimum atomic E-state index is -1.40. The lowest BCUT2D eigenvalue weighted by atomic mass is 9.16. The van der Waals surface area contributed by atoms with Crippen LogP contribution in [0.3, 0.4) is 0 Å². The fraction of sp³-hybridized carbons (Fsp3) is 0.316. The van der Waals surface area contributed by atoms with Gasteiger partial charge in [0.25, 0.3) is 0 Å². The second-order valence-corrected chi connectivity index (χ2v) is 19.1. The second-order valence-electron chi connectivity index (χ2n) is 13.9. The van der Waals surface area contributed by atoms with Gasteiger partial charge in [0.1, 0.15) is 6.15 Å². The van der Waals surface area contributed by atoms with Gasteiger partial charge < -0.3 is 0 Å². The smallest absolute Gasteiger partial charge is 0.149 e. The van der Waals surface area contributed by atoms with Crippen molar-refractivity contribution in [1.82, 2.24) is 0 Å². The third-order valence-corrected chi connectivity index (χ3v) is 11.9. The van der Waals surface area contributed by atoms with E-state index < -0.39 is 14.1 Å². The molecule has 0 heterocycles. The molecule has 208 valence electrons. The first kappa shape index (κ1) is 31.5. The highest BCUT2D eigenvalue weighted by Crippen LogP contribution is 2.66. The summed E-state index contributed by atoms with van der Waals surface area (Å²) in [7, 11) is -0.391. The molecule has 0 aliphatic rings. The molecule has 0 unspecified atom stereocenters. The predicted octanol–water partition coefficient (Wildman–Crippen LogP) is 8.34. The normalized spacial score (nSPS) is 12.2. The summed E-state index contributed by atoms with van der Waals surface area (Å²) < 4.78 is 0. The molecule has 0 aliphatic carbocycles. The summed E-state index contributed by atoms with van der Waals surface area (Å²) >= 11 is 0. The van der Waals surface area contributed by atoms with E-state index in [1.165, 1.54) is 16.4 Å². The monoisotopic (exact) mass is 546 g/mol. The molecule has 0 aromatic heterocycles. The molecule has 0 atom stereocenters. The van der Waals surface area contributed by atoms with Crippen molar-refractivity contribution in [2.45, 2.75) is 77.8 Å². The van der Waals surface area contributed by atoms with Gasteiger partial charge in [-0.3, -0.25) is 5.82 Å². The van der Waals surface area contributed by atoms with E-state index in [0.29, 0.717) is 15.5 Å². The lowest BCUT2D eigenvalue weighted by Crippen LogP contribution is -2.66. The van der Waals surface area contributed by atoms with Crippen molar-refractivity contribution in [3.63, 3.8) is 0 Å². The average molecular weight is 547 g/mol. The van der Waals surface area contributed by atoms with Crippen molar-refractivity contribution in [2.24, 2.45) is 0 Å². The zero-order valence-electron chi connectivity index (χ0n) is 26.1. The van der Waals surface area contributed by atoms with E-state index in [1.807, 2.05) is 18.2 Å². The zero-order chi connectivity index (χ0) is 29.4. The molecular weight excluding hydrogens is 498 g/mol. The van der Waals surface area contributed by atoms with Gasteiger partial charge in [0.2, 0.25) is 0 Å². The Morgan fingerprint density at radius 3 is 0.950 bits per heavy atom. The summed E-state index contributed by atoms with van der Waals surface area (Å²) in [6, 6.07) is 42.2. The molecule has 0 saturated carbocycles. The van der Waals surface area contributed by atoms with Crippen LogP contribution in [0.5, 0.6) is 0 Å². The minimum Gasteiger partial charge on any atom is -0.292 e. The van der Waals surface area contributed by atoms with Crippen LogP contribution in [0.25, 0.3) is 0 Å². The number of hydrogen-bond acceptors (Lipinski definition) is 0. The van der Waals surface area contributed by atoms with Crippen molar-refractivity contribution in [3.05, 3.63) is 127 Å². The van der Waals surface area contributed by atoms with Crippen molar-refractivity contribution < 1.29 is 0 Å². The van der Waals surface area contributed by atoms with Crippen LogP contribution >= 0.6 is 7.92 Å². The molecule has 0 N–H and O–H groups in total. The molecule has 4 aromatic carbocycles. The van der Waals surface area contributed by atoms with E-state index >= 15 is 0 Å². The first-order chi connectivity index (χ1) is 18.8. The van der Waals surface area contributed by atoms with Crippen LogP contribution in [-0.4, -0.2) is 21.6 Å². The molecule has 2 heteroatoms. The van der Waals surface area contributed by atoms with Crippen LogP contribution in [0.1, 0.15) is 67.9 Å². The summed E-state index contributed by atoms with van der Waals surface area (Å²) in [4.78, 5) is 0. The highest BCUT2D eigenvalue weighted by molar-refractivity contribution is 7.62. The quantitative estimate of drug-likeness (QED) is 0.138. The summed E-state index contributed by atoms with van der Waals surface area (Å²) in [6.07, 6.45) is -1.40. The summed E-state index contributed by atoms with van der Waals surface area (Å²) in [6.45, 7) is 21.6. The summed E-state index contributed by atoms with van der Waals surface area (Å²) in [5.41, 5.74) is 4.74. The molecule has 0 fully saturated rings. The summed E-state index contributed by atoms with van der Waals surface area (Å²) in [5, 5.41) is 1.46. The Balaban J connectivity index is 0.000000289. The standard InChI is InChI=1S/C26H20B.C12H27P/c1-5-13-23(14-6-1)21-22-27(24-15-7-2-8-16-24,25-17-9-3-10-18-25)26-19-11-4-12-20-26;1-10(2,3)13(11(4,5)6)12(7,8)9/h1-20H;1-9H3/q-1;/p+1. The van der Waals surface area contributed by atoms with E-state index in [4.69, 9.17) is 0 Å². The topological polar surface area (TPSA) is 0 Å². The van der Waals surface area contributed by atoms with E-state index in [9.17, 15) is 0 Å². The maximum Gasteiger partial charge on any atom is 0.149 e. The van der Waals surface area contributed by atoms with Crippen LogP contribution in [0.2, 0.25) is 0 Å². The fourth-order valence-corrected chi connectivity index (χ4v) is 13.9. The lowest BCUT2D eigenvalue weighted by Gasteiger charge is -2.42. The molecule has 0 saturated heterocycles. The van der Waals surface area contributed by atoms with Crippen molar-refractivity contribution in [1.29, 1.82) is 0 Å². The van der Waals surface area contributed by atoms with E-state index in [2.05, 4.69) is 177 Å². The van der Waals surface area contributed by atoms with Gasteiger partial charge in [-0.15, -0.1) is 5.92 Å². The second kappa shape index (κ2) is 13.1. The van der Waals surface area contributed by atoms with Gasteiger partial charge in [0.05, 0.1) is 15.5 Å². The van der Waals surface area contributed by atoms with Gasteiger partial charge in [-0.1, -0.05) is 109 Å². The van der Waals surface area contributed by atoms with Crippen molar-refractivity contribution in [3.8, 4) is 11.7 Å². The SMILES string of the molecule is C(#C[B-](c1ccccc1)(c1ccccc1)c1ccccc1)c1ccccc1.CC(C)(C)[PH+](C(C)(C)C)C(C)(C)C. The van der Waals surface area contributed by atoms with Gasteiger partial charge in [0.15, 0.2) is 0 Å². The Morgan fingerprint density at radius 2 is 0.700 bits per heavy atom. The van der Waals surface area contributed by atoms with Crippen LogP contribution in [0.4, 0.5) is 0 Å². The molecule has 40 heavy (non-hydrogen) atoms. The minimum absolute atomic E-state index is 0.391. The van der Waals surface area contributed by atoms with E-state index in [0.717, 1.165) is 5.56 Å². The Labute approximate surface area is 246 Å². The molecule has 0 amide bonds. The molecule has 4 rings (SSSR count). The number of rotatable bonds is 3. The molecule has 0 aliphatic heterocycles. The Bertz CT molecular complexity index is 1230. The average Bonchev–Trinajstić information content (AvgIpc) is 2.89. The predicted molar refractivity (Wildman–Crippen MR) is 185 cm³/mol. The van der Waals surface area contributed by atoms with Gasteiger partial charge in [0, 0.05) is 13.5 Å². The Hall–Kier alpha value is -3.07. The van der Waals surface area contributed by atoms with Gasteiger partial charge in [-0.05, 0) is 74.4 Å². The van der Waals surface area contributed by atoms with Crippen LogP contribution in [0, 0.1) is 11.7 Å². The van der Waals surface area contributed by atoms with Crippen molar-refractivity contribution >= 4 is 30.5 Å². The highest BCUT2D eigenvalue weighted by atomic mass is 31.1. The first-order valence-electron chi connectivity index (χ1n) is 14.5. The third-order valence-electron chi connectivity index (χ3n) is 7.36. The maximum atomic E-state index is 3.71. The molecule has 0 nitrogen and oxygen atoms in total. The fourth-order valence-electron chi connectivity index (χ4n) is 7.14. The molecular formula is C38H48BP. The third kappa shape index (κ3) is 8.00. The molecule has 4 aromatic rings. The number of hydrogen-bond donors (Lipinski definition) is 0. The Kier molecular flexibility index (Phi) is 10.3. The van der Waals surface area contributed by atoms with Gasteiger partial charge in [-0.25, -0.2) is 0 Å². The zero-order valence-corrected chi connectivity index (χ0v) is 27.1. The largest absolute Gasteiger partial charge is 0.292 e. The highest BCUT2D eigenvalue weighted by Gasteiger charge is 2.49. The van der Waals surface area contributed by atoms with Crippen LogP contribution < -0.4 is 16.4 Å². The molecule has 0 spiro atoms. The van der Waals surface area contributed by atoms with Gasteiger partial charge >= 0.3 is 0 Å². The van der Waals surface area contributed by atoms with Crippen LogP contribution in [-0.2, 0) is 0 Å². The first-order valence-corrected chi connectivity index (χ1v) is 16.0. The molecule has 0 radical (unpaired) electrons. The maximum absolute atomic E-state index is 3.71. The van der Waals surface area contributed by atoms with Gasteiger partial charge in [-0.2, -0.15) is 16.4 Å². The van der Waals surface area contributed by atoms with Crippen LogP contribution in [0.15, 0.2) is 121 Å². The van der Waals surface area contributed by atoms with Crippen molar-refractivity contribution in [2.75, 3.05) is 0 Å². The Morgan fingerprint density at radius 1 is 0.425 bits per heavy atom.